The number of aryl methyl sites for hydroxylation is 2. The summed E-state index contributed by atoms with van der Waals surface area (Å²) in [7, 11) is 0. The molecule has 4 nitrogen and oxygen atoms in total. The fraction of sp³-hybridized carbons (Fsp3) is 0.385. The van der Waals surface area contributed by atoms with Crippen LogP contribution in [0.1, 0.15) is 31.1 Å². The van der Waals surface area contributed by atoms with Crippen molar-refractivity contribution in [2.45, 2.75) is 33.2 Å². The van der Waals surface area contributed by atoms with Crippen LogP contribution in [0.3, 0.4) is 0 Å². The molecule has 0 atom stereocenters. The molecule has 2 aromatic rings. The van der Waals surface area contributed by atoms with E-state index in [-0.39, 0.29) is 5.69 Å². The van der Waals surface area contributed by atoms with E-state index in [9.17, 15) is 8.78 Å². The van der Waals surface area contributed by atoms with E-state index in [1.165, 1.54) is 6.07 Å². The van der Waals surface area contributed by atoms with E-state index in [1.807, 2.05) is 13.8 Å². The Hall–Kier alpha value is -1.98. The van der Waals surface area contributed by atoms with Crippen LogP contribution in [-0.4, -0.2) is 14.8 Å². The first-order chi connectivity index (χ1) is 8.83. The van der Waals surface area contributed by atoms with Crippen molar-refractivity contribution >= 4 is 5.69 Å². The lowest BCUT2D eigenvalue weighted by Crippen LogP contribution is -2.37. The van der Waals surface area contributed by atoms with Gasteiger partial charge in [0.25, 0.3) is 0 Å². The molecule has 0 aliphatic carbocycles. The molecule has 0 spiro atoms. The molecule has 19 heavy (non-hydrogen) atoms. The van der Waals surface area contributed by atoms with Crippen LogP contribution in [0.5, 0.6) is 0 Å². The molecule has 0 fully saturated rings. The van der Waals surface area contributed by atoms with Crippen LogP contribution in [-0.2, 0) is 5.54 Å². The summed E-state index contributed by atoms with van der Waals surface area (Å²) in [6, 6.07) is 1.19. The van der Waals surface area contributed by atoms with Crippen molar-refractivity contribution in [3.63, 3.8) is 0 Å². The van der Waals surface area contributed by atoms with Crippen molar-refractivity contribution < 1.29 is 8.78 Å². The van der Waals surface area contributed by atoms with Gasteiger partial charge in [-0.05, 0) is 39.3 Å². The second-order valence-electron chi connectivity index (χ2n) is 5.37. The summed E-state index contributed by atoms with van der Waals surface area (Å²) >= 11 is 0. The van der Waals surface area contributed by atoms with E-state index in [0.29, 0.717) is 22.9 Å². The fourth-order valence-electron chi connectivity index (χ4n) is 2.55. The average Bonchev–Trinajstić information content (AvgIpc) is 2.69. The third-order valence-corrected chi connectivity index (χ3v) is 3.43. The number of aromatic nitrogens is 3. The Kier molecular flexibility index (Phi) is 2.24. The van der Waals surface area contributed by atoms with Gasteiger partial charge in [0.05, 0.1) is 16.9 Å². The monoisotopic (exact) mass is 264 g/mol. The zero-order valence-corrected chi connectivity index (χ0v) is 11.2. The van der Waals surface area contributed by atoms with Crippen LogP contribution in [0, 0.1) is 25.5 Å². The topological polar surface area (TPSA) is 42.7 Å². The van der Waals surface area contributed by atoms with Crippen LogP contribution >= 0.6 is 0 Å². The van der Waals surface area contributed by atoms with Gasteiger partial charge in [-0.3, -0.25) is 4.57 Å². The lowest BCUT2D eigenvalue weighted by Gasteiger charge is -2.34. The number of nitrogens with zero attached hydrogens (tertiary/aromatic N) is 3. The molecule has 100 valence electrons. The Bertz CT molecular complexity index is 688. The summed E-state index contributed by atoms with van der Waals surface area (Å²) in [6.07, 6.45) is 0. The molecule has 3 rings (SSSR count). The predicted octanol–water partition coefficient (Wildman–Crippen LogP) is 2.82. The summed E-state index contributed by atoms with van der Waals surface area (Å²) < 4.78 is 29.4. The zero-order valence-electron chi connectivity index (χ0n) is 11.2. The summed E-state index contributed by atoms with van der Waals surface area (Å²) in [5, 5.41) is 11.2. The number of fused-ring (bicyclic) bond motifs is 3. The van der Waals surface area contributed by atoms with Crippen LogP contribution in [0.2, 0.25) is 0 Å². The molecule has 1 aliphatic heterocycles. The predicted molar refractivity (Wildman–Crippen MR) is 67.4 cm³/mol. The fourth-order valence-corrected chi connectivity index (χ4v) is 2.55. The van der Waals surface area contributed by atoms with Gasteiger partial charge < -0.3 is 5.32 Å². The molecular formula is C13H14F2N4. The van der Waals surface area contributed by atoms with Crippen molar-refractivity contribution in [3.8, 4) is 5.69 Å². The van der Waals surface area contributed by atoms with E-state index in [1.54, 1.807) is 18.4 Å². The number of halogens is 2. The summed E-state index contributed by atoms with van der Waals surface area (Å²) in [5.41, 5.74) is 0.768. The van der Waals surface area contributed by atoms with Gasteiger partial charge in [0.2, 0.25) is 0 Å². The minimum Gasteiger partial charge on any atom is -0.369 e. The van der Waals surface area contributed by atoms with Gasteiger partial charge >= 0.3 is 0 Å². The van der Waals surface area contributed by atoms with Crippen LogP contribution in [0.25, 0.3) is 5.69 Å². The molecule has 2 heterocycles. The Balaban J connectivity index is 2.44. The molecule has 0 unspecified atom stereocenters. The quantitative estimate of drug-likeness (QED) is 0.795. The van der Waals surface area contributed by atoms with Crippen molar-refractivity contribution in [1.29, 1.82) is 0 Å². The smallest absolute Gasteiger partial charge is 0.184 e. The van der Waals surface area contributed by atoms with E-state index in [0.717, 1.165) is 0 Å². The SMILES string of the molecule is Cc1cc(F)c(F)c2c1-n1c(C)nnc1C(C)(C)N2. The first-order valence-electron chi connectivity index (χ1n) is 6.02. The Labute approximate surface area is 109 Å². The molecule has 1 aromatic carbocycles. The maximum Gasteiger partial charge on any atom is 0.184 e. The second-order valence-corrected chi connectivity index (χ2v) is 5.37. The normalized spacial score (nSPS) is 15.7. The zero-order chi connectivity index (χ0) is 13.9. The van der Waals surface area contributed by atoms with Gasteiger partial charge in [-0.1, -0.05) is 0 Å². The largest absolute Gasteiger partial charge is 0.369 e. The molecule has 1 aromatic heterocycles. The van der Waals surface area contributed by atoms with Crippen LogP contribution in [0.15, 0.2) is 6.07 Å². The molecule has 6 heteroatoms. The highest BCUT2D eigenvalue weighted by Crippen LogP contribution is 2.40. The molecular weight excluding hydrogens is 250 g/mol. The summed E-state index contributed by atoms with van der Waals surface area (Å²) in [4.78, 5) is 0. The first kappa shape index (κ1) is 12.1. The third-order valence-electron chi connectivity index (χ3n) is 3.43. The second kappa shape index (κ2) is 3.53. The number of nitrogens with one attached hydrogen (secondary N) is 1. The Morgan fingerprint density at radius 3 is 2.58 bits per heavy atom. The van der Waals surface area contributed by atoms with Gasteiger partial charge in [-0.25, -0.2) is 8.78 Å². The van der Waals surface area contributed by atoms with E-state index >= 15 is 0 Å². The highest BCUT2D eigenvalue weighted by Gasteiger charge is 2.37. The van der Waals surface area contributed by atoms with Crippen molar-refractivity contribution in [1.82, 2.24) is 14.8 Å². The maximum atomic E-state index is 14.0. The number of benzene rings is 1. The number of rotatable bonds is 0. The van der Waals surface area contributed by atoms with Crippen LogP contribution in [0.4, 0.5) is 14.5 Å². The van der Waals surface area contributed by atoms with Crippen LogP contribution < -0.4 is 5.32 Å². The number of hydrogen-bond acceptors (Lipinski definition) is 3. The van der Waals surface area contributed by atoms with Gasteiger partial charge in [0.15, 0.2) is 17.5 Å². The minimum absolute atomic E-state index is 0.165. The van der Waals surface area contributed by atoms with Gasteiger partial charge in [0, 0.05) is 0 Å². The molecule has 0 bridgehead atoms. The first-order valence-corrected chi connectivity index (χ1v) is 6.02. The minimum atomic E-state index is -0.868. The van der Waals surface area contributed by atoms with Crippen molar-refractivity contribution in [2.24, 2.45) is 0 Å². The molecule has 1 N–H and O–H groups in total. The lowest BCUT2D eigenvalue weighted by atomic mass is 9.98. The lowest BCUT2D eigenvalue weighted by molar-refractivity contribution is 0.486. The third kappa shape index (κ3) is 1.49. The number of hydrogen-bond donors (Lipinski definition) is 1. The maximum absolute atomic E-state index is 14.0. The average molecular weight is 264 g/mol. The molecule has 1 aliphatic rings. The van der Waals surface area contributed by atoms with Crippen molar-refractivity contribution in [2.75, 3.05) is 5.32 Å². The summed E-state index contributed by atoms with van der Waals surface area (Å²) in [5.74, 6) is -0.382. The number of anilines is 1. The van der Waals surface area contributed by atoms with E-state index in [4.69, 9.17) is 0 Å². The Morgan fingerprint density at radius 1 is 1.21 bits per heavy atom. The molecule has 0 saturated heterocycles. The Morgan fingerprint density at radius 2 is 1.89 bits per heavy atom. The van der Waals surface area contributed by atoms with Crippen molar-refractivity contribution in [3.05, 3.63) is 34.9 Å². The van der Waals surface area contributed by atoms with Gasteiger partial charge in [-0.2, -0.15) is 0 Å². The van der Waals surface area contributed by atoms with Gasteiger partial charge in [-0.15, -0.1) is 10.2 Å². The highest BCUT2D eigenvalue weighted by atomic mass is 19.2. The molecule has 0 amide bonds. The van der Waals surface area contributed by atoms with E-state index < -0.39 is 17.2 Å². The molecule has 0 saturated carbocycles. The molecule has 0 radical (unpaired) electrons. The van der Waals surface area contributed by atoms with E-state index in [2.05, 4.69) is 15.5 Å². The highest BCUT2D eigenvalue weighted by molar-refractivity contribution is 5.70. The summed E-state index contributed by atoms with van der Waals surface area (Å²) in [6.45, 7) is 7.25. The van der Waals surface area contributed by atoms with Gasteiger partial charge in [0.1, 0.15) is 5.82 Å². The standard InChI is InChI=1S/C13H14F2N4/c1-6-5-8(14)9(15)10-11(6)19-7(2)17-18-12(19)13(3,4)16-10/h5,16H,1-4H3.